The Labute approximate surface area is 116 Å². The summed E-state index contributed by atoms with van der Waals surface area (Å²) in [6.07, 6.45) is 5.71. The summed E-state index contributed by atoms with van der Waals surface area (Å²) in [6.45, 7) is 7.22. The van der Waals surface area contributed by atoms with Gasteiger partial charge in [0.1, 0.15) is 6.61 Å². The molecular weight excluding hydrogens is 238 g/mol. The molecule has 0 heterocycles. The Bertz CT molecular complexity index is 402. The Morgan fingerprint density at radius 3 is 2.68 bits per heavy atom. The number of hydrogen-bond donors (Lipinski definition) is 1. The van der Waals surface area contributed by atoms with Crippen LogP contribution in [0, 0.1) is 0 Å². The molecule has 0 fully saturated rings. The molecule has 1 rings (SSSR count). The molecule has 0 aliphatic carbocycles. The zero-order valence-corrected chi connectivity index (χ0v) is 12.2. The van der Waals surface area contributed by atoms with E-state index in [9.17, 15) is 0 Å². The average molecular weight is 263 g/mol. The number of rotatable bonds is 8. The van der Waals surface area contributed by atoms with Gasteiger partial charge in [-0.25, -0.2) is 0 Å². The molecular formula is C16H25NO2. The monoisotopic (exact) mass is 263 g/mol. The summed E-state index contributed by atoms with van der Waals surface area (Å²) in [5.74, 6) is 1.62. The van der Waals surface area contributed by atoms with Crippen LogP contribution in [0.5, 0.6) is 11.5 Å². The predicted octanol–water partition coefficient (Wildman–Crippen LogP) is 3.32. The van der Waals surface area contributed by atoms with E-state index in [2.05, 4.69) is 13.0 Å². The number of benzene rings is 1. The summed E-state index contributed by atoms with van der Waals surface area (Å²) in [6, 6.07) is 6.14. The molecule has 1 unspecified atom stereocenters. The average Bonchev–Trinajstić information content (AvgIpc) is 2.42. The van der Waals surface area contributed by atoms with Crippen molar-refractivity contribution in [1.82, 2.24) is 0 Å². The molecule has 3 heteroatoms. The highest BCUT2D eigenvalue weighted by Crippen LogP contribution is 2.32. The molecule has 1 atom stereocenters. The van der Waals surface area contributed by atoms with Gasteiger partial charge in [0, 0.05) is 6.04 Å². The molecule has 19 heavy (non-hydrogen) atoms. The van der Waals surface area contributed by atoms with Gasteiger partial charge in [-0.15, -0.1) is 0 Å². The predicted molar refractivity (Wildman–Crippen MR) is 79.9 cm³/mol. The van der Waals surface area contributed by atoms with Gasteiger partial charge < -0.3 is 15.2 Å². The lowest BCUT2D eigenvalue weighted by atomic mass is 10.0. The molecule has 0 spiro atoms. The van der Waals surface area contributed by atoms with Gasteiger partial charge in [0.2, 0.25) is 0 Å². The third-order valence-corrected chi connectivity index (χ3v) is 2.93. The standard InChI is InChI=1S/C16H25NO2/c1-4-7-11-19-16-13(12-14(17)5-2)9-8-10-15(16)18-6-3/h4,7-10,14H,5-6,11-12,17H2,1-3H3/b7-4+. The largest absolute Gasteiger partial charge is 0.490 e. The highest BCUT2D eigenvalue weighted by molar-refractivity contribution is 5.47. The number of nitrogens with two attached hydrogens (primary N) is 1. The van der Waals surface area contributed by atoms with Crippen molar-refractivity contribution in [1.29, 1.82) is 0 Å². The first-order chi connectivity index (χ1) is 9.22. The van der Waals surface area contributed by atoms with Gasteiger partial charge in [-0.05, 0) is 38.3 Å². The van der Waals surface area contributed by atoms with Crippen molar-refractivity contribution >= 4 is 0 Å². The molecule has 0 aliphatic heterocycles. The molecule has 0 aromatic heterocycles. The van der Waals surface area contributed by atoms with Gasteiger partial charge in [-0.2, -0.15) is 0 Å². The van der Waals surface area contributed by atoms with Gasteiger partial charge in [0.25, 0.3) is 0 Å². The summed E-state index contributed by atoms with van der Waals surface area (Å²) in [4.78, 5) is 0. The van der Waals surface area contributed by atoms with Crippen molar-refractivity contribution in [2.24, 2.45) is 5.73 Å². The maximum Gasteiger partial charge on any atom is 0.164 e. The second kappa shape index (κ2) is 8.59. The van der Waals surface area contributed by atoms with Crippen LogP contribution >= 0.6 is 0 Å². The zero-order valence-electron chi connectivity index (χ0n) is 12.2. The van der Waals surface area contributed by atoms with E-state index in [1.54, 1.807) is 0 Å². The van der Waals surface area contributed by atoms with Crippen molar-refractivity contribution in [2.45, 2.75) is 39.7 Å². The fourth-order valence-corrected chi connectivity index (χ4v) is 1.81. The number of para-hydroxylation sites is 1. The molecule has 0 saturated carbocycles. The molecule has 0 aliphatic rings. The van der Waals surface area contributed by atoms with Gasteiger partial charge in [-0.3, -0.25) is 0 Å². The van der Waals surface area contributed by atoms with Gasteiger partial charge >= 0.3 is 0 Å². The third-order valence-electron chi connectivity index (χ3n) is 2.93. The van der Waals surface area contributed by atoms with Gasteiger partial charge in [0.05, 0.1) is 6.61 Å². The molecule has 2 N–H and O–H groups in total. The lowest BCUT2D eigenvalue weighted by molar-refractivity contribution is 0.294. The van der Waals surface area contributed by atoms with Crippen molar-refractivity contribution in [3.63, 3.8) is 0 Å². The van der Waals surface area contributed by atoms with Crippen molar-refractivity contribution in [2.75, 3.05) is 13.2 Å². The van der Waals surface area contributed by atoms with Crippen LogP contribution in [0.4, 0.5) is 0 Å². The Morgan fingerprint density at radius 1 is 1.26 bits per heavy atom. The van der Waals surface area contributed by atoms with E-state index in [1.165, 1.54) is 0 Å². The minimum Gasteiger partial charge on any atom is -0.490 e. The second-order valence-electron chi connectivity index (χ2n) is 4.43. The summed E-state index contributed by atoms with van der Waals surface area (Å²) in [5, 5.41) is 0. The third kappa shape index (κ3) is 4.95. The first-order valence-corrected chi connectivity index (χ1v) is 6.97. The highest BCUT2D eigenvalue weighted by atomic mass is 16.5. The smallest absolute Gasteiger partial charge is 0.164 e. The molecule has 106 valence electrons. The molecule has 0 radical (unpaired) electrons. The lowest BCUT2D eigenvalue weighted by Gasteiger charge is -2.17. The quantitative estimate of drug-likeness (QED) is 0.732. The maximum absolute atomic E-state index is 6.04. The maximum atomic E-state index is 6.04. The molecule has 3 nitrogen and oxygen atoms in total. The first-order valence-electron chi connectivity index (χ1n) is 6.97. The molecule has 0 amide bonds. The minimum atomic E-state index is 0.154. The van der Waals surface area contributed by atoms with E-state index >= 15 is 0 Å². The van der Waals surface area contributed by atoms with E-state index in [0.29, 0.717) is 13.2 Å². The second-order valence-corrected chi connectivity index (χ2v) is 4.43. The summed E-state index contributed by atoms with van der Waals surface area (Å²) in [5.41, 5.74) is 7.16. The van der Waals surface area contributed by atoms with Crippen LogP contribution in [-0.4, -0.2) is 19.3 Å². The number of hydrogen-bond acceptors (Lipinski definition) is 3. The van der Waals surface area contributed by atoms with Crippen LogP contribution in [0.2, 0.25) is 0 Å². The molecule has 0 saturated heterocycles. The van der Waals surface area contributed by atoms with Crippen LogP contribution in [-0.2, 0) is 6.42 Å². The Hall–Kier alpha value is -1.48. The SMILES string of the molecule is C/C=C/COc1c(CC(N)CC)cccc1OCC. The summed E-state index contributed by atoms with van der Waals surface area (Å²) >= 11 is 0. The molecule has 1 aromatic rings. The Morgan fingerprint density at radius 2 is 2.05 bits per heavy atom. The lowest BCUT2D eigenvalue weighted by Crippen LogP contribution is -2.21. The topological polar surface area (TPSA) is 44.5 Å². The zero-order chi connectivity index (χ0) is 14.1. The number of ether oxygens (including phenoxy) is 2. The number of allylic oxidation sites excluding steroid dienone is 1. The van der Waals surface area contributed by atoms with Gasteiger partial charge in [0.15, 0.2) is 11.5 Å². The highest BCUT2D eigenvalue weighted by Gasteiger charge is 2.13. The van der Waals surface area contributed by atoms with E-state index in [-0.39, 0.29) is 6.04 Å². The Balaban J connectivity index is 2.95. The molecule has 0 bridgehead atoms. The minimum absolute atomic E-state index is 0.154. The molecule has 1 aromatic carbocycles. The van der Waals surface area contributed by atoms with Crippen LogP contribution in [0.15, 0.2) is 30.4 Å². The normalized spacial score (nSPS) is 12.6. The van der Waals surface area contributed by atoms with Crippen molar-refractivity contribution in [3.8, 4) is 11.5 Å². The van der Waals surface area contributed by atoms with E-state index in [1.807, 2.05) is 38.1 Å². The van der Waals surface area contributed by atoms with Gasteiger partial charge in [-0.1, -0.05) is 31.2 Å². The fraction of sp³-hybridized carbons (Fsp3) is 0.500. The summed E-state index contributed by atoms with van der Waals surface area (Å²) < 4.78 is 11.5. The van der Waals surface area contributed by atoms with E-state index in [4.69, 9.17) is 15.2 Å². The summed E-state index contributed by atoms with van der Waals surface area (Å²) in [7, 11) is 0. The first kappa shape index (κ1) is 15.6. The fourth-order valence-electron chi connectivity index (χ4n) is 1.81. The Kier molecular flexibility index (Phi) is 7.04. The van der Waals surface area contributed by atoms with Crippen LogP contribution in [0.1, 0.15) is 32.8 Å². The van der Waals surface area contributed by atoms with Crippen LogP contribution < -0.4 is 15.2 Å². The van der Waals surface area contributed by atoms with Crippen LogP contribution in [0.25, 0.3) is 0 Å². The van der Waals surface area contributed by atoms with E-state index < -0.39 is 0 Å². The van der Waals surface area contributed by atoms with Crippen molar-refractivity contribution in [3.05, 3.63) is 35.9 Å². The van der Waals surface area contributed by atoms with Crippen LogP contribution in [0.3, 0.4) is 0 Å². The van der Waals surface area contributed by atoms with E-state index in [0.717, 1.165) is 29.9 Å². The van der Waals surface area contributed by atoms with Crippen molar-refractivity contribution < 1.29 is 9.47 Å².